The van der Waals surface area contributed by atoms with Crippen molar-refractivity contribution in [1.82, 2.24) is 10.9 Å². The summed E-state index contributed by atoms with van der Waals surface area (Å²) in [6.45, 7) is 4.05. The topological polar surface area (TPSA) is 58.2 Å². The highest BCUT2D eigenvalue weighted by molar-refractivity contribution is 7.99. The van der Waals surface area contributed by atoms with Gasteiger partial charge in [0.05, 0.1) is 4.88 Å². The van der Waals surface area contributed by atoms with Gasteiger partial charge in [-0.2, -0.15) is 0 Å². The molecule has 0 aliphatic carbocycles. The number of rotatable bonds is 6. The number of hydrogen-bond donors (Lipinski definition) is 2. The summed E-state index contributed by atoms with van der Waals surface area (Å²) in [4.78, 5) is 26.7. The minimum atomic E-state index is -0.262. The molecule has 2 rings (SSSR count). The highest BCUT2D eigenvalue weighted by Crippen LogP contribution is 2.22. The van der Waals surface area contributed by atoms with Crippen molar-refractivity contribution in [3.8, 4) is 0 Å². The Balaban J connectivity index is 1.72. The first kappa shape index (κ1) is 17.6. The smallest absolute Gasteiger partial charge is 0.273 e. The fourth-order valence-electron chi connectivity index (χ4n) is 2.01. The number of thioether (sulfide) groups is 1. The zero-order valence-electron chi connectivity index (χ0n) is 13.2. The molecule has 1 aromatic heterocycles. The van der Waals surface area contributed by atoms with Gasteiger partial charge in [-0.3, -0.25) is 20.4 Å². The second-order valence-electron chi connectivity index (χ2n) is 4.98. The van der Waals surface area contributed by atoms with Crippen LogP contribution in [0.15, 0.2) is 41.3 Å². The molecule has 23 heavy (non-hydrogen) atoms. The summed E-state index contributed by atoms with van der Waals surface area (Å²) < 4.78 is 0. The molecule has 2 aromatic rings. The van der Waals surface area contributed by atoms with Gasteiger partial charge in [0, 0.05) is 21.9 Å². The number of thiophene rings is 1. The zero-order chi connectivity index (χ0) is 16.7. The van der Waals surface area contributed by atoms with E-state index in [-0.39, 0.29) is 11.8 Å². The van der Waals surface area contributed by atoms with Crippen molar-refractivity contribution in [3.05, 3.63) is 51.7 Å². The molecule has 2 N–H and O–H groups in total. The Morgan fingerprint density at radius 1 is 1.17 bits per heavy atom. The number of amides is 2. The molecule has 0 radical (unpaired) electrons. The Hall–Kier alpha value is -1.79. The Morgan fingerprint density at radius 3 is 2.57 bits per heavy atom. The Morgan fingerprint density at radius 2 is 1.91 bits per heavy atom. The van der Waals surface area contributed by atoms with E-state index in [4.69, 9.17) is 0 Å². The van der Waals surface area contributed by atoms with Gasteiger partial charge in [0.25, 0.3) is 5.91 Å². The van der Waals surface area contributed by atoms with Crippen LogP contribution in [0.3, 0.4) is 0 Å². The van der Waals surface area contributed by atoms with Crippen molar-refractivity contribution >= 4 is 34.9 Å². The van der Waals surface area contributed by atoms with Crippen LogP contribution in [0, 0.1) is 6.92 Å². The lowest BCUT2D eigenvalue weighted by Crippen LogP contribution is -2.41. The highest BCUT2D eigenvalue weighted by atomic mass is 32.2. The fourth-order valence-corrected chi connectivity index (χ4v) is 3.89. The van der Waals surface area contributed by atoms with Gasteiger partial charge < -0.3 is 0 Å². The van der Waals surface area contributed by atoms with Crippen LogP contribution in [0.2, 0.25) is 0 Å². The predicted molar refractivity (Wildman–Crippen MR) is 95.8 cm³/mol. The van der Waals surface area contributed by atoms with Crippen LogP contribution in [0.5, 0.6) is 0 Å². The zero-order valence-corrected chi connectivity index (χ0v) is 14.9. The van der Waals surface area contributed by atoms with Gasteiger partial charge in [-0.25, -0.2) is 0 Å². The molecule has 0 saturated carbocycles. The highest BCUT2D eigenvalue weighted by Gasteiger charge is 2.12. The molecule has 0 saturated heterocycles. The van der Waals surface area contributed by atoms with Crippen LogP contribution in [0.25, 0.3) is 0 Å². The molecule has 0 fully saturated rings. The SMILES string of the molecule is CCc1sc(C(=O)NNC(=O)CCSc2ccccc2)cc1C. The molecule has 122 valence electrons. The first-order valence-electron chi connectivity index (χ1n) is 7.46. The molecular weight excluding hydrogens is 328 g/mol. The van der Waals surface area contributed by atoms with E-state index < -0.39 is 0 Å². The van der Waals surface area contributed by atoms with Gasteiger partial charge in [-0.05, 0) is 37.1 Å². The van der Waals surface area contributed by atoms with Crippen molar-refractivity contribution in [2.75, 3.05) is 5.75 Å². The largest absolute Gasteiger partial charge is 0.279 e. The molecule has 6 heteroatoms. The number of hydrogen-bond acceptors (Lipinski definition) is 4. The van der Waals surface area contributed by atoms with Crippen molar-refractivity contribution < 1.29 is 9.59 Å². The molecule has 0 aliphatic heterocycles. The van der Waals surface area contributed by atoms with E-state index in [1.165, 1.54) is 16.2 Å². The van der Waals surface area contributed by atoms with E-state index in [0.29, 0.717) is 17.1 Å². The molecule has 2 amide bonds. The van der Waals surface area contributed by atoms with Crippen LogP contribution in [-0.2, 0) is 11.2 Å². The number of nitrogens with one attached hydrogen (secondary N) is 2. The summed E-state index contributed by atoms with van der Waals surface area (Å²) in [5.74, 6) is 0.219. The van der Waals surface area contributed by atoms with Gasteiger partial charge in [0.2, 0.25) is 5.91 Å². The first-order valence-corrected chi connectivity index (χ1v) is 9.26. The van der Waals surface area contributed by atoms with Gasteiger partial charge in [-0.15, -0.1) is 23.1 Å². The van der Waals surface area contributed by atoms with Crippen molar-refractivity contribution in [1.29, 1.82) is 0 Å². The summed E-state index contributed by atoms with van der Waals surface area (Å²) in [5.41, 5.74) is 6.06. The lowest BCUT2D eigenvalue weighted by molar-refractivity contribution is -0.121. The molecular formula is C17H20N2O2S2. The maximum Gasteiger partial charge on any atom is 0.279 e. The molecule has 1 heterocycles. The number of aryl methyl sites for hydroxylation is 2. The van der Waals surface area contributed by atoms with E-state index in [0.717, 1.165) is 16.9 Å². The quantitative estimate of drug-likeness (QED) is 0.620. The monoisotopic (exact) mass is 348 g/mol. The second-order valence-corrected chi connectivity index (χ2v) is 7.29. The third-order valence-electron chi connectivity index (χ3n) is 3.22. The molecule has 0 spiro atoms. The van der Waals surface area contributed by atoms with Crippen LogP contribution < -0.4 is 10.9 Å². The van der Waals surface area contributed by atoms with Crippen LogP contribution in [0.1, 0.15) is 33.5 Å². The minimum Gasteiger partial charge on any atom is -0.273 e. The number of hydrazine groups is 1. The number of carbonyl (C=O) groups is 2. The Labute approximate surface area is 144 Å². The van der Waals surface area contributed by atoms with E-state index in [9.17, 15) is 9.59 Å². The number of benzene rings is 1. The minimum absolute atomic E-state index is 0.189. The third-order valence-corrected chi connectivity index (χ3v) is 5.62. The van der Waals surface area contributed by atoms with Crippen LogP contribution in [0.4, 0.5) is 0 Å². The standard InChI is InChI=1S/C17H20N2O2S2/c1-3-14-12(2)11-15(23-14)17(21)19-18-16(20)9-10-22-13-7-5-4-6-8-13/h4-8,11H,3,9-10H2,1-2H3,(H,18,20)(H,19,21). The van der Waals surface area contributed by atoms with Crippen molar-refractivity contribution in [2.45, 2.75) is 31.6 Å². The predicted octanol–water partition coefficient (Wildman–Crippen LogP) is 3.56. The molecule has 0 aliphatic rings. The van der Waals surface area contributed by atoms with E-state index in [2.05, 4.69) is 17.8 Å². The molecule has 0 atom stereocenters. The molecule has 1 aromatic carbocycles. The molecule has 0 unspecified atom stereocenters. The Bertz CT molecular complexity index is 668. The summed E-state index contributed by atoms with van der Waals surface area (Å²) >= 11 is 3.08. The van der Waals surface area contributed by atoms with Crippen LogP contribution in [-0.4, -0.2) is 17.6 Å². The maximum absolute atomic E-state index is 12.0. The Kier molecular flexibility index (Phi) is 6.67. The van der Waals surface area contributed by atoms with Gasteiger partial charge in [0.15, 0.2) is 0 Å². The third kappa shape index (κ3) is 5.41. The van der Waals surface area contributed by atoms with Crippen molar-refractivity contribution in [3.63, 3.8) is 0 Å². The van der Waals surface area contributed by atoms with E-state index in [1.807, 2.05) is 43.3 Å². The molecule has 4 nitrogen and oxygen atoms in total. The number of carbonyl (C=O) groups excluding carboxylic acids is 2. The summed E-state index contributed by atoms with van der Waals surface area (Å²) in [6.07, 6.45) is 1.26. The second kappa shape index (κ2) is 8.74. The van der Waals surface area contributed by atoms with E-state index in [1.54, 1.807) is 11.8 Å². The summed E-state index contributed by atoms with van der Waals surface area (Å²) in [5, 5.41) is 0. The summed E-state index contributed by atoms with van der Waals surface area (Å²) in [7, 11) is 0. The first-order chi connectivity index (χ1) is 11.1. The lowest BCUT2D eigenvalue weighted by Gasteiger charge is -2.06. The van der Waals surface area contributed by atoms with Gasteiger partial charge in [0.1, 0.15) is 0 Å². The normalized spacial score (nSPS) is 10.3. The average molecular weight is 348 g/mol. The molecule has 0 bridgehead atoms. The summed E-state index contributed by atoms with van der Waals surface area (Å²) in [6, 6.07) is 11.8. The van der Waals surface area contributed by atoms with Crippen molar-refractivity contribution in [2.24, 2.45) is 0 Å². The van der Waals surface area contributed by atoms with Crippen LogP contribution >= 0.6 is 23.1 Å². The lowest BCUT2D eigenvalue weighted by atomic mass is 10.2. The van der Waals surface area contributed by atoms with Gasteiger partial charge in [-0.1, -0.05) is 25.1 Å². The van der Waals surface area contributed by atoms with E-state index >= 15 is 0 Å². The fraction of sp³-hybridized carbons (Fsp3) is 0.294. The average Bonchev–Trinajstić information content (AvgIpc) is 2.94. The van der Waals surface area contributed by atoms with Gasteiger partial charge >= 0.3 is 0 Å². The maximum atomic E-state index is 12.0.